The third kappa shape index (κ3) is 5.16. The molecule has 1 unspecified atom stereocenters. The lowest BCUT2D eigenvalue weighted by atomic mass is 10.3. The van der Waals surface area contributed by atoms with Gasteiger partial charge in [0.25, 0.3) is 0 Å². The van der Waals surface area contributed by atoms with Gasteiger partial charge in [0, 0.05) is 7.05 Å². The number of aliphatic carboxylic acids is 1. The summed E-state index contributed by atoms with van der Waals surface area (Å²) in [7, 11) is 1.26. The van der Waals surface area contributed by atoms with Crippen LogP contribution in [0.1, 0.15) is 0 Å². The van der Waals surface area contributed by atoms with E-state index in [1.165, 1.54) is 7.05 Å². The van der Waals surface area contributed by atoms with Gasteiger partial charge in [0.05, 0.1) is 6.54 Å². The topological polar surface area (TPSA) is 116 Å². The van der Waals surface area contributed by atoms with Crippen molar-refractivity contribution in [2.75, 3.05) is 13.6 Å². The van der Waals surface area contributed by atoms with E-state index < -0.39 is 23.4 Å². The fraction of sp³-hybridized carbons (Fsp3) is 0.750. The van der Waals surface area contributed by atoms with E-state index in [1.54, 1.807) is 0 Å². The minimum Gasteiger partial charge on any atom is -0.748 e. The third-order valence-electron chi connectivity index (χ3n) is 0.959. The fourth-order valence-electron chi connectivity index (χ4n) is 0.489. The van der Waals surface area contributed by atoms with Crippen LogP contribution < -0.4 is 5.73 Å². The zero-order valence-electron chi connectivity index (χ0n) is 6.30. The number of hydroxylamine groups is 2. The quantitative estimate of drug-likeness (QED) is 0.389. The molecule has 0 aromatic rings. The van der Waals surface area contributed by atoms with Gasteiger partial charge < -0.3 is 15.4 Å². The van der Waals surface area contributed by atoms with Gasteiger partial charge in [-0.05, 0) is 0 Å². The molecule has 72 valence electrons. The molecular formula is C4H9N2O5S-. The van der Waals surface area contributed by atoms with Gasteiger partial charge in [0.2, 0.25) is 0 Å². The maximum atomic E-state index is 10.2. The lowest BCUT2D eigenvalue weighted by Gasteiger charge is -2.18. The van der Waals surface area contributed by atoms with E-state index in [9.17, 15) is 13.6 Å². The number of nitrogens with two attached hydrogens (primary N) is 1. The van der Waals surface area contributed by atoms with Gasteiger partial charge in [-0.25, -0.2) is 8.49 Å². The maximum absolute atomic E-state index is 10.2. The smallest absolute Gasteiger partial charge is 0.321 e. The second kappa shape index (κ2) is 5.17. The Hall–Kier alpha value is -0.540. The van der Waals surface area contributed by atoms with E-state index in [2.05, 4.69) is 4.28 Å². The fourth-order valence-corrected chi connectivity index (χ4v) is 0.758. The highest BCUT2D eigenvalue weighted by Gasteiger charge is 2.14. The average Bonchev–Trinajstić information content (AvgIpc) is 1.84. The lowest BCUT2D eigenvalue weighted by molar-refractivity contribution is -0.141. The monoisotopic (exact) mass is 197 g/mol. The number of hydrogen-bond donors (Lipinski definition) is 2. The molecule has 0 fully saturated rings. The van der Waals surface area contributed by atoms with E-state index >= 15 is 0 Å². The zero-order chi connectivity index (χ0) is 9.72. The number of rotatable bonds is 5. The Morgan fingerprint density at radius 1 is 1.92 bits per heavy atom. The van der Waals surface area contributed by atoms with Gasteiger partial charge in [-0.3, -0.25) is 4.79 Å². The van der Waals surface area contributed by atoms with E-state index in [0.29, 0.717) is 0 Å². The van der Waals surface area contributed by atoms with Crippen molar-refractivity contribution < 1.29 is 22.9 Å². The molecule has 0 saturated heterocycles. The molecule has 0 bridgehead atoms. The Balaban J connectivity index is 3.76. The summed E-state index contributed by atoms with van der Waals surface area (Å²) in [5.41, 5.74) is 5.07. The Morgan fingerprint density at radius 2 is 2.42 bits per heavy atom. The van der Waals surface area contributed by atoms with Crippen molar-refractivity contribution in [2.24, 2.45) is 5.73 Å². The average molecular weight is 197 g/mol. The molecule has 3 N–H and O–H groups in total. The molecule has 12 heavy (non-hydrogen) atoms. The number of carboxylic acid groups (broad SMARTS) is 1. The highest BCUT2D eigenvalue weighted by Crippen LogP contribution is 1.90. The van der Waals surface area contributed by atoms with Crippen LogP contribution in [0.5, 0.6) is 0 Å². The van der Waals surface area contributed by atoms with Gasteiger partial charge in [-0.1, -0.05) is 0 Å². The summed E-state index contributed by atoms with van der Waals surface area (Å²) in [6, 6.07) is -1.17. The van der Waals surface area contributed by atoms with Gasteiger partial charge in [0.1, 0.15) is 17.4 Å². The first-order valence-corrected chi connectivity index (χ1v) is 3.90. The third-order valence-corrected chi connectivity index (χ3v) is 1.34. The number of carbonyl (C=O) groups is 1. The van der Waals surface area contributed by atoms with E-state index in [1.807, 2.05) is 0 Å². The number of carboxylic acids is 1. The molecule has 0 saturated carbocycles. The summed E-state index contributed by atoms with van der Waals surface area (Å²) in [6.45, 7) is -0.205. The molecule has 0 amide bonds. The van der Waals surface area contributed by atoms with E-state index in [0.717, 1.165) is 5.06 Å². The van der Waals surface area contributed by atoms with Crippen molar-refractivity contribution in [3.63, 3.8) is 0 Å². The van der Waals surface area contributed by atoms with E-state index in [4.69, 9.17) is 10.8 Å². The Bertz CT molecular complexity index is 186. The summed E-state index contributed by atoms with van der Waals surface area (Å²) < 4.78 is 23.9. The molecule has 0 spiro atoms. The van der Waals surface area contributed by atoms with Crippen molar-refractivity contribution in [3.05, 3.63) is 0 Å². The first-order chi connectivity index (χ1) is 5.43. The van der Waals surface area contributed by atoms with Crippen molar-refractivity contribution in [2.45, 2.75) is 6.04 Å². The molecule has 0 aliphatic heterocycles. The first-order valence-electron chi connectivity index (χ1n) is 2.90. The normalized spacial score (nSPS) is 16.0. The number of nitrogens with zero attached hydrogens (tertiary/aromatic N) is 1. The van der Waals surface area contributed by atoms with Crippen LogP contribution in [-0.4, -0.2) is 44.5 Å². The SMILES string of the molecule is CN(C[C@H](N)C(=O)O)OS(=O)[O-]. The Morgan fingerprint density at radius 3 is 2.75 bits per heavy atom. The molecular weight excluding hydrogens is 188 g/mol. The molecule has 0 heterocycles. The van der Waals surface area contributed by atoms with Gasteiger partial charge in [-0.2, -0.15) is 5.06 Å². The maximum Gasteiger partial charge on any atom is 0.321 e. The second-order valence-electron chi connectivity index (χ2n) is 2.03. The Kier molecular flexibility index (Phi) is 4.93. The van der Waals surface area contributed by atoms with Crippen LogP contribution in [0.3, 0.4) is 0 Å². The summed E-state index contributed by atoms with van der Waals surface area (Å²) in [6.07, 6.45) is 0. The van der Waals surface area contributed by atoms with Crippen LogP contribution in [0.15, 0.2) is 0 Å². The van der Waals surface area contributed by atoms with Gasteiger partial charge in [-0.15, -0.1) is 0 Å². The van der Waals surface area contributed by atoms with Gasteiger partial charge >= 0.3 is 5.97 Å². The van der Waals surface area contributed by atoms with Crippen molar-refractivity contribution >= 4 is 17.3 Å². The van der Waals surface area contributed by atoms with Crippen molar-refractivity contribution in [1.29, 1.82) is 0 Å². The van der Waals surface area contributed by atoms with Crippen LogP contribution in [0, 0.1) is 0 Å². The minimum absolute atomic E-state index is 0.205. The molecule has 0 aliphatic rings. The Labute approximate surface area is 71.5 Å². The largest absolute Gasteiger partial charge is 0.748 e. The van der Waals surface area contributed by atoms with Crippen molar-refractivity contribution in [1.82, 2.24) is 5.06 Å². The summed E-state index contributed by atoms with van der Waals surface area (Å²) >= 11 is -2.70. The van der Waals surface area contributed by atoms with Crippen molar-refractivity contribution in [3.8, 4) is 0 Å². The molecule has 0 aromatic heterocycles. The number of likely N-dealkylation sites (N-methyl/N-ethyl adjacent to an activating group) is 1. The molecule has 0 aromatic carbocycles. The standard InChI is InChI=1S/C4H10N2O5S/c1-6(11-12(9)10)2-3(5)4(7)8/h3H,2,5H2,1H3,(H,7,8)(H,9,10)/p-1/t3-/m0/s1. The predicted molar refractivity (Wildman–Crippen MR) is 38.2 cm³/mol. The molecule has 0 aliphatic carbocycles. The van der Waals surface area contributed by atoms with Crippen LogP contribution in [-0.2, 0) is 20.4 Å². The van der Waals surface area contributed by atoms with Crippen LogP contribution >= 0.6 is 0 Å². The molecule has 8 heteroatoms. The highest BCUT2D eigenvalue weighted by atomic mass is 32.2. The first kappa shape index (κ1) is 11.5. The molecule has 0 radical (unpaired) electrons. The van der Waals surface area contributed by atoms with Crippen LogP contribution in [0.2, 0.25) is 0 Å². The van der Waals surface area contributed by atoms with Crippen LogP contribution in [0.25, 0.3) is 0 Å². The zero-order valence-corrected chi connectivity index (χ0v) is 7.11. The van der Waals surface area contributed by atoms with Gasteiger partial charge in [0.15, 0.2) is 0 Å². The minimum atomic E-state index is -2.70. The lowest BCUT2D eigenvalue weighted by Crippen LogP contribution is -2.41. The molecule has 7 nitrogen and oxygen atoms in total. The van der Waals surface area contributed by atoms with E-state index in [-0.39, 0.29) is 6.54 Å². The second-order valence-corrected chi connectivity index (χ2v) is 2.59. The highest BCUT2D eigenvalue weighted by molar-refractivity contribution is 7.74. The molecule has 0 rings (SSSR count). The molecule has 2 atom stereocenters. The summed E-state index contributed by atoms with van der Waals surface area (Å²) in [4.78, 5) is 10.2. The predicted octanol–water partition coefficient (Wildman–Crippen LogP) is -1.94. The summed E-state index contributed by atoms with van der Waals surface area (Å²) in [5.74, 6) is -1.22. The van der Waals surface area contributed by atoms with Crippen LogP contribution in [0.4, 0.5) is 0 Å². The summed E-state index contributed by atoms with van der Waals surface area (Å²) in [5, 5.41) is 9.13. The number of hydrogen-bond acceptors (Lipinski definition) is 6.